The molecule has 0 radical (unpaired) electrons. The van der Waals surface area contributed by atoms with Crippen molar-refractivity contribution < 1.29 is 44.3 Å². The number of fused-ring (bicyclic) bond motifs is 3. The molecule has 6 N–H and O–H groups in total. The third-order valence-corrected chi connectivity index (χ3v) is 6.34. The molecule has 0 bridgehead atoms. The van der Waals surface area contributed by atoms with Crippen LogP contribution in [0.25, 0.3) is 0 Å². The number of ketones is 2. The molecule has 162 valence electrons. The van der Waals surface area contributed by atoms with Crippen LogP contribution in [0.3, 0.4) is 0 Å². The standard InChI is InChI=1S/C21H19NO9/c1-31-20(29)10-3-2-7-4-8-5-9-6-11(23)14(19(22)28)18(27)21(9,30)17(26)13(8)16(25)12(7)15(10)24/h2-3,8-9,23-24,26,30H,4-6H2,1H3,(H2,22,28)/t8-,9-,21-/m0/s1. The van der Waals surface area contributed by atoms with Crippen LogP contribution < -0.4 is 5.73 Å². The highest BCUT2D eigenvalue weighted by Crippen LogP contribution is 2.51. The van der Waals surface area contributed by atoms with E-state index >= 15 is 0 Å². The number of nitrogens with two attached hydrogens (primary N) is 1. The second-order valence-electron chi connectivity index (χ2n) is 7.90. The molecule has 0 unspecified atom stereocenters. The number of aliphatic hydroxyl groups excluding tert-OH is 2. The molecular formula is C21H19NO9. The molecule has 0 spiro atoms. The number of methoxy groups -OCH3 is 1. The maximum Gasteiger partial charge on any atom is 0.341 e. The summed E-state index contributed by atoms with van der Waals surface area (Å²) in [6.07, 6.45) is -0.0756. The van der Waals surface area contributed by atoms with Gasteiger partial charge in [0.05, 0.1) is 12.7 Å². The van der Waals surface area contributed by atoms with Crippen LogP contribution in [-0.2, 0) is 20.7 Å². The summed E-state index contributed by atoms with van der Waals surface area (Å²) in [6.45, 7) is 0. The summed E-state index contributed by atoms with van der Waals surface area (Å²) in [5.41, 5.74) is 1.34. The maximum atomic E-state index is 13.2. The molecule has 0 aliphatic heterocycles. The number of aliphatic hydroxyl groups is 3. The maximum absolute atomic E-state index is 13.2. The molecule has 1 aromatic carbocycles. The molecule has 0 fully saturated rings. The highest BCUT2D eigenvalue weighted by atomic mass is 16.5. The molecule has 0 heterocycles. The van der Waals surface area contributed by atoms with Crippen molar-refractivity contribution >= 4 is 23.4 Å². The Morgan fingerprint density at radius 2 is 1.84 bits per heavy atom. The second kappa shape index (κ2) is 6.67. The van der Waals surface area contributed by atoms with Crippen LogP contribution in [0.5, 0.6) is 5.75 Å². The van der Waals surface area contributed by atoms with E-state index in [-0.39, 0.29) is 36.0 Å². The fourth-order valence-corrected chi connectivity index (χ4v) is 4.87. The molecule has 3 aliphatic carbocycles. The number of esters is 1. The number of hydrogen-bond donors (Lipinski definition) is 5. The van der Waals surface area contributed by atoms with Crippen LogP contribution in [0, 0.1) is 11.8 Å². The molecule has 0 aromatic heterocycles. The molecule has 10 heteroatoms. The van der Waals surface area contributed by atoms with Crippen LogP contribution in [0.2, 0.25) is 0 Å². The van der Waals surface area contributed by atoms with Crippen molar-refractivity contribution in [2.45, 2.75) is 24.9 Å². The quantitative estimate of drug-likeness (QED) is 0.327. The van der Waals surface area contributed by atoms with E-state index in [1.807, 2.05) is 0 Å². The van der Waals surface area contributed by atoms with Crippen molar-refractivity contribution in [1.82, 2.24) is 0 Å². The summed E-state index contributed by atoms with van der Waals surface area (Å²) in [4.78, 5) is 49.6. The molecule has 0 saturated carbocycles. The number of amides is 1. The number of hydrogen-bond acceptors (Lipinski definition) is 9. The van der Waals surface area contributed by atoms with E-state index in [1.54, 1.807) is 0 Å². The number of carbonyl (C=O) groups excluding carboxylic acids is 4. The Balaban J connectivity index is 1.89. The van der Waals surface area contributed by atoms with Crippen LogP contribution in [0.1, 0.15) is 39.1 Å². The minimum absolute atomic E-state index is 0.0441. The van der Waals surface area contributed by atoms with Crippen LogP contribution in [0.15, 0.2) is 34.8 Å². The molecule has 10 nitrogen and oxygen atoms in total. The SMILES string of the molecule is COC(=O)c1ccc2c(c1O)C(=O)C1=C(O)[C@]3(O)C(=O)C(C(N)=O)=C(O)C[C@@H]3C[C@@H]1C2. The van der Waals surface area contributed by atoms with Crippen molar-refractivity contribution in [2.75, 3.05) is 7.11 Å². The van der Waals surface area contributed by atoms with E-state index in [4.69, 9.17) is 5.73 Å². The van der Waals surface area contributed by atoms with Gasteiger partial charge in [0.25, 0.3) is 5.91 Å². The first-order valence-electron chi connectivity index (χ1n) is 9.44. The number of ether oxygens (including phenoxy) is 1. The van der Waals surface area contributed by atoms with Crippen LogP contribution in [0.4, 0.5) is 0 Å². The first-order valence-corrected chi connectivity index (χ1v) is 9.44. The van der Waals surface area contributed by atoms with E-state index in [1.165, 1.54) is 12.1 Å². The van der Waals surface area contributed by atoms with E-state index in [2.05, 4.69) is 4.74 Å². The second-order valence-corrected chi connectivity index (χ2v) is 7.90. The molecule has 3 aliphatic rings. The van der Waals surface area contributed by atoms with Crippen molar-refractivity contribution in [2.24, 2.45) is 17.6 Å². The van der Waals surface area contributed by atoms with Gasteiger partial charge in [0, 0.05) is 17.9 Å². The van der Waals surface area contributed by atoms with Gasteiger partial charge in [-0.25, -0.2) is 4.79 Å². The van der Waals surface area contributed by atoms with Crippen LogP contribution >= 0.6 is 0 Å². The number of benzene rings is 1. The number of phenolic OH excluding ortho intramolecular Hbond substituents is 1. The monoisotopic (exact) mass is 429 g/mol. The zero-order valence-corrected chi connectivity index (χ0v) is 16.3. The molecule has 31 heavy (non-hydrogen) atoms. The van der Waals surface area contributed by atoms with Crippen molar-refractivity contribution in [1.29, 1.82) is 0 Å². The lowest BCUT2D eigenvalue weighted by Gasteiger charge is -2.45. The zero-order chi connectivity index (χ0) is 22.8. The topological polar surface area (TPSA) is 184 Å². The third-order valence-electron chi connectivity index (χ3n) is 6.34. The predicted molar refractivity (Wildman–Crippen MR) is 102 cm³/mol. The smallest absolute Gasteiger partial charge is 0.341 e. The number of aromatic hydroxyl groups is 1. The molecule has 4 rings (SSSR count). The molecule has 1 aromatic rings. The van der Waals surface area contributed by atoms with E-state index in [0.717, 1.165) is 7.11 Å². The Hall–Kier alpha value is -3.66. The number of primary amides is 1. The number of phenols is 1. The summed E-state index contributed by atoms with van der Waals surface area (Å²) < 4.78 is 4.59. The van der Waals surface area contributed by atoms with E-state index in [0.29, 0.717) is 5.56 Å². The van der Waals surface area contributed by atoms with Gasteiger partial charge >= 0.3 is 5.97 Å². The van der Waals surface area contributed by atoms with Gasteiger partial charge in [0.15, 0.2) is 11.4 Å². The van der Waals surface area contributed by atoms with Gasteiger partial charge in [0.1, 0.15) is 28.4 Å². The largest absolute Gasteiger partial charge is 0.511 e. The van der Waals surface area contributed by atoms with Crippen molar-refractivity contribution in [3.05, 3.63) is 51.5 Å². The van der Waals surface area contributed by atoms with Gasteiger partial charge < -0.3 is 30.9 Å². The Morgan fingerprint density at radius 3 is 2.45 bits per heavy atom. The summed E-state index contributed by atoms with van der Waals surface area (Å²) in [5, 5.41) is 42.6. The first-order chi connectivity index (χ1) is 14.5. The summed E-state index contributed by atoms with van der Waals surface area (Å²) in [5.74, 6) is -8.05. The number of allylic oxidation sites excluding steroid dienone is 2. The minimum Gasteiger partial charge on any atom is -0.511 e. The number of carbonyl (C=O) groups is 4. The molecular weight excluding hydrogens is 410 g/mol. The van der Waals surface area contributed by atoms with Gasteiger partial charge in [0.2, 0.25) is 5.78 Å². The minimum atomic E-state index is -2.62. The average Bonchev–Trinajstić information content (AvgIpc) is 2.70. The predicted octanol–water partition coefficient (Wildman–Crippen LogP) is 0.367. The molecule has 1 amide bonds. The van der Waals surface area contributed by atoms with Crippen LogP contribution in [-0.4, -0.2) is 56.6 Å². The summed E-state index contributed by atoms with van der Waals surface area (Å²) in [6, 6.07) is 2.81. The van der Waals surface area contributed by atoms with Crippen molar-refractivity contribution in [3.63, 3.8) is 0 Å². The average molecular weight is 429 g/mol. The molecule has 3 atom stereocenters. The Bertz CT molecular complexity index is 1150. The van der Waals surface area contributed by atoms with Gasteiger partial charge in [-0.15, -0.1) is 0 Å². The number of Topliss-reactive ketones (excluding diaryl/α,β-unsaturated/α-hetero) is 2. The lowest BCUT2D eigenvalue weighted by atomic mass is 9.60. The van der Waals surface area contributed by atoms with Gasteiger partial charge in [-0.3, -0.25) is 14.4 Å². The zero-order valence-electron chi connectivity index (χ0n) is 16.3. The summed E-state index contributed by atoms with van der Waals surface area (Å²) >= 11 is 0. The Kier molecular flexibility index (Phi) is 4.44. The Labute approximate surface area is 175 Å². The normalized spacial score (nSPS) is 27.4. The fraction of sp³-hybridized carbons (Fsp3) is 0.333. The highest BCUT2D eigenvalue weighted by Gasteiger charge is 2.59. The van der Waals surface area contributed by atoms with E-state index in [9.17, 15) is 39.6 Å². The van der Waals surface area contributed by atoms with E-state index < -0.39 is 63.7 Å². The molecule has 0 saturated heterocycles. The highest BCUT2D eigenvalue weighted by molar-refractivity contribution is 6.24. The lowest BCUT2D eigenvalue weighted by molar-refractivity contribution is -0.144. The third kappa shape index (κ3) is 2.61. The van der Waals surface area contributed by atoms with Crippen molar-refractivity contribution in [3.8, 4) is 5.75 Å². The Morgan fingerprint density at radius 1 is 1.16 bits per heavy atom. The van der Waals surface area contributed by atoms with Gasteiger partial charge in [-0.05, 0) is 30.4 Å². The number of rotatable bonds is 2. The summed E-state index contributed by atoms with van der Waals surface area (Å²) in [7, 11) is 1.11. The van der Waals surface area contributed by atoms with Gasteiger partial charge in [-0.2, -0.15) is 0 Å². The lowest BCUT2D eigenvalue weighted by Crippen LogP contribution is -2.57. The fourth-order valence-electron chi connectivity index (χ4n) is 4.87. The van der Waals surface area contributed by atoms with Gasteiger partial charge in [-0.1, -0.05) is 6.07 Å². The first kappa shape index (κ1) is 20.6.